The summed E-state index contributed by atoms with van der Waals surface area (Å²) in [5.74, 6) is -1.43. The minimum absolute atomic E-state index is 0.0689. The van der Waals surface area contributed by atoms with Gasteiger partial charge in [-0.05, 0) is 18.4 Å². The van der Waals surface area contributed by atoms with Gasteiger partial charge in [0, 0.05) is 6.20 Å². The largest absolute Gasteiger partial charge is 0.480 e. The number of hydrogen-bond donors (Lipinski definition) is 2. The van der Waals surface area contributed by atoms with Crippen LogP contribution in [0.1, 0.15) is 26.0 Å². The molecule has 106 valence electrons. The van der Waals surface area contributed by atoms with Crippen molar-refractivity contribution in [3.63, 3.8) is 0 Å². The summed E-state index contributed by atoms with van der Waals surface area (Å²) in [7, 11) is 0. The molecular weight excluding hydrogens is 263 g/mol. The van der Waals surface area contributed by atoms with E-state index in [2.05, 4.69) is 15.3 Å². The van der Waals surface area contributed by atoms with Crippen molar-refractivity contribution in [2.24, 2.45) is 5.92 Å². The lowest BCUT2D eigenvalue weighted by Crippen LogP contribution is -2.31. The molecule has 2 N–H and O–H groups in total. The number of carbonyl (C=O) groups is 1. The number of rotatable bonds is 5. The molecule has 19 heavy (non-hydrogen) atoms. The number of nitrogens with zero attached hydrogens (tertiary/aromatic N) is 2. The van der Waals surface area contributed by atoms with Crippen LogP contribution < -0.4 is 5.32 Å². The smallest absolute Gasteiger partial charge is 0.433 e. The van der Waals surface area contributed by atoms with Gasteiger partial charge in [0.15, 0.2) is 0 Å². The van der Waals surface area contributed by atoms with Crippen LogP contribution in [0.3, 0.4) is 0 Å². The van der Waals surface area contributed by atoms with Crippen molar-refractivity contribution in [2.75, 3.05) is 5.32 Å². The summed E-state index contributed by atoms with van der Waals surface area (Å²) in [5.41, 5.74) is -1.11. The second-order valence-corrected chi connectivity index (χ2v) is 4.43. The molecule has 0 aliphatic heterocycles. The monoisotopic (exact) mass is 277 g/mol. The summed E-state index contributed by atoms with van der Waals surface area (Å²) in [6, 6.07) is -0.299. The second-order valence-electron chi connectivity index (χ2n) is 4.43. The summed E-state index contributed by atoms with van der Waals surface area (Å²) in [4.78, 5) is 17.8. The first kappa shape index (κ1) is 15.2. The maximum absolute atomic E-state index is 12.4. The number of alkyl halides is 3. The lowest BCUT2D eigenvalue weighted by atomic mass is 10.0. The van der Waals surface area contributed by atoms with Crippen LogP contribution in [0.2, 0.25) is 0 Å². The van der Waals surface area contributed by atoms with E-state index in [9.17, 15) is 18.0 Å². The molecule has 1 rings (SSSR count). The topological polar surface area (TPSA) is 75.1 Å². The normalized spacial score (nSPS) is 13.4. The Labute approximate surface area is 107 Å². The Morgan fingerprint density at radius 2 is 2.11 bits per heavy atom. The lowest BCUT2D eigenvalue weighted by Gasteiger charge is -2.16. The van der Waals surface area contributed by atoms with Crippen molar-refractivity contribution >= 4 is 11.9 Å². The van der Waals surface area contributed by atoms with Gasteiger partial charge in [0.1, 0.15) is 11.7 Å². The van der Waals surface area contributed by atoms with Crippen molar-refractivity contribution in [3.05, 3.63) is 18.0 Å². The first-order valence-electron chi connectivity index (χ1n) is 5.59. The first-order valence-corrected chi connectivity index (χ1v) is 5.59. The van der Waals surface area contributed by atoms with Crippen molar-refractivity contribution in [2.45, 2.75) is 32.5 Å². The molecule has 1 aromatic heterocycles. The Morgan fingerprint density at radius 1 is 1.47 bits per heavy atom. The molecule has 0 aromatic carbocycles. The zero-order valence-corrected chi connectivity index (χ0v) is 10.4. The Balaban J connectivity index is 2.88. The molecule has 0 radical (unpaired) electrons. The second kappa shape index (κ2) is 5.85. The number of carboxylic acids is 1. The van der Waals surface area contributed by atoms with Gasteiger partial charge in [-0.2, -0.15) is 13.2 Å². The van der Waals surface area contributed by atoms with Gasteiger partial charge in [0.25, 0.3) is 0 Å². The standard InChI is InChI=1S/C11H14F3N3O2/c1-6(2)5-7(9(18)19)16-10-15-4-3-8(17-10)11(12,13)14/h3-4,6-7H,5H2,1-2H3,(H,18,19)(H,15,16,17)/t7-/m1/s1. The van der Waals surface area contributed by atoms with Gasteiger partial charge in [-0.25, -0.2) is 14.8 Å². The highest BCUT2D eigenvalue weighted by Crippen LogP contribution is 2.27. The van der Waals surface area contributed by atoms with E-state index >= 15 is 0 Å². The number of anilines is 1. The van der Waals surface area contributed by atoms with E-state index in [4.69, 9.17) is 5.11 Å². The number of aromatic nitrogens is 2. The van der Waals surface area contributed by atoms with Crippen LogP contribution in [0, 0.1) is 5.92 Å². The highest BCUT2D eigenvalue weighted by atomic mass is 19.4. The van der Waals surface area contributed by atoms with Crippen LogP contribution in [0.25, 0.3) is 0 Å². The van der Waals surface area contributed by atoms with Crippen molar-refractivity contribution < 1.29 is 23.1 Å². The van der Waals surface area contributed by atoms with Gasteiger partial charge in [0.05, 0.1) is 0 Å². The fourth-order valence-corrected chi connectivity index (χ4v) is 1.43. The summed E-state index contributed by atoms with van der Waals surface area (Å²) < 4.78 is 37.3. The van der Waals surface area contributed by atoms with E-state index in [0.29, 0.717) is 0 Å². The first-order chi connectivity index (χ1) is 8.70. The highest BCUT2D eigenvalue weighted by Gasteiger charge is 2.33. The third-order valence-corrected chi connectivity index (χ3v) is 2.25. The van der Waals surface area contributed by atoms with E-state index in [1.54, 1.807) is 0 Å². The minimum atomic E-state index is -4.59. The molecule has 0 fully saturated rings. The SMILES string of the molecule is CC(C)C[C@@H](Nc1nccc(C(F)(F)F)n1)C(=O)O. The fourth-order valence-electron chi connectivity index (χ4n) is 1.43. The predicted octanol–water partition coefficient (Wildman–Crippen LogP) is 2.41. The maximum atomic E-state index is 12.4. The molecule has 0 saturated carbocycles. The quantitative estimate of drug-likeness (QED) is 0.864. The van der Waals surface area contributed by atoms with Gasteiger partial charge in [-0.1, -0.05) is 13.8 Å². The van der Waals surface area contributed by atoms with Crippen LogP contribution in [0.15, 0.2) is 12.3 Å². The van der Waals surface area contributed by atoms with E-state index < -0.39 is 23.9 Å². The molecule has 8 heteroatoms. The van der Waals surface area contributed by atoms with Crippen molar-refractivity contribution in [1.82, 2.24) is 9.97 Å². The Morgan fingerprint density at radius 3 is 2.58 bits per heavy atom. The summed E-state index contributed by atoms with van der Waals surface area (Å²) >= 11 is 0. The molecule has 0 spiro atoms. The molecule has 0 aliphatic rings. The van der Waals surface area contributed by atoms with E-state index in [0.717, 1.165) is 12.3 Å². The molecule has 1 aromatic rings. The zero-order valence-electron chi connectivity index (χ0n) is 10.4. The molecule has 0 amide bonds. The number of hydrogen-bond acceptors (Lipinski definition) is 4. The summed E-state index contributed by atoms with van der Waals surface area (Å²) in [6.45, 7) is 3.62. The minimum Gasteiger partial charge on any atom is -0.480 e. The number of nitrogens with one attached hydrogen (secondary N) is 1. The Kier molecular flexibility index (Phi) is 4.68. The number of aliphatic carboxylic acids is 1. The van der Waals surface area contributed by atoms with Gasteiger partial charge in [-0.3, -0.25) is 0 Å². The van der Waals surface area contributed by atoms with Crippen LogP contribution in [-0.4, -0.2) is 27.1 Å². The molecule has 0 bridgehead atoms. The Hall–Kier alpha value is -1.86. The Bertz CT molecular complexity index is 449. The average Bonchev–Trinajstić information content (AvgIpc) is 2.26. The average molecular weight is 277 g/mol. The molecular formula is C11H14F3N3O2. The van der Waals surface area contributed by atoms with Crippen molar-refractivity contribution in [3.8, 4) is 0 Å². The highest BCUT2D eigenvalue weighted by molar-refractivity contribution is 5.76. The van der Waals surface area contributed by atoms with Crippen LogP contribution in [-0.2, 0) is 11.0 Å². The van der Waals surface area contributed by atoms with E-state index in [1.165, 1.54) is 0 Å². The molecule has 0 saturated heterocycles. The van der Waals surface area contributed by atoms with Crippen LogP contribution >= 0.6 is 0 Å². The third kappa shape index (κ3) is 4.72. The van der Waals surface area contributed by atoms with E-state index in [1.807, 2.05) is 13.8 Å². The fraction of sp³-hybridized carbons (Fsp3) is 0.545. The van der Waals surface area contributed by atoms with Gasteiger partial charge in [0.2, 0.25) is 5.95 Å². The molecule has 0 aliphatic carbocycles. The predicted molar refractivity (Wildman–Crippen MR) is 61.5 cm³/mol. The lowest BCUT2D eigenvalue weighted by molar-refractivity contribution is -0.141. The number of carboxylic acid groups (broad SMARTS) is 1. The number of halogens is 3. The summed E-state index contributed by atoms with van der Waals surface area (Å²) in [6.07, 6.45) is -3.39. The molecule has 0 unspecified atom stereocenters. The maximum Gasteiger partial charge on any atom is 0.433 e. The van der Waals surface area contributed by atoms with E-state index in [-0.39, 0.29) is 18.3 Å². The molecule has 1 heterocycles. The summed E-state index contributed by atoms with van der Waals surface area (Å²) in [5, 5.41) is 11.4. The van der Waals surface area contributed by atoms with Gasteiger partial charge < -0.3 is 10.4 Å². The third-order valence-electron chi connectivity index (χ3n) is 2.25. The van der Waals surface area contributed by atoms with Crippen LogP contribution in [0.4, 0.5) is 19.1 Å². The molecule has 5 nitrogen and oxygen atoms in total. The molecule has 1 atom stereocenters. The van der Waals surface area contributed by atoms with Gasteiger partial charge >= 0.3 is 12.1 Å². The van der Waals surface area contributed by atoms with Gasteiger partial charge in [-0.15, -0.1) is 0 Å². The van der Waals surface area contributed by atoms with Crippen LogP contribution in [0.5, 0.6) is 0 Å². The zero-order chi connectivity index (χ0) is 14.6. The van der Waals surface area contributed by atoms with Crippen molar-refractivity contribution in [1.29, 1.82) is 0 Å².